The van der Waals surface area contributed by atoms with Gasteiger partial charge in [0, 0.05) is 11.3 Å². The number of amides is 1. The zero-order valence-electron chi connectivity index (χ0n) is 10.2. The summed E-state index contributed by atoms with van der Waals surface area (Å²) in [6.07, 6.45) is 0.652. The molecular weight excluding hydrogens is 242 g/mol. The molecule has 1 N–H and O–H groups in total. The summed E-state index contributed by atoms with van der Waals surface area (Å²) in [5, 5.41) is 15.1. The third kappa shape index (κ3) is 2.03. The minimum Gasteiger partial charge on any atom is -0.329 e. The van der Waals surface area contributed by atoms with Gasteiger partial charge in [-0.2, -0.15) is 9.61 Å². The van der Waals surface area contributed by atoms with E-state index in [1.165, 1.54) is 0 Å². The fourth-order valence-electron chi connectivity index (χ4n) is 1.89. The van der Waals surface area contributed by atoms with Gasteiger partial charge in [0.2, 0.25) is 6.41 Å². The van der Waals surface area contributed by atoms with Gasteiger partial charge in [0.1, 0.15) is 0 Å². The maximum atomic E-state index is 10.5. The fourth-order valence-corrected chi connectivity index (χ4v) is 1.89. The SMILES string of the molecule is Cc1nnc2ccc(-c3cccc(NC=O)c3)nn12. The zero-order valence-corrected chi connectivity index (χ0v) is 10.2. The number of hydrogen-bond donors (Lipinski definition) is 1. The van der Waals surface area contributed by atoms with E-state index in [2.05, 4.69) is 20.6 Å². The molecule has 0 spiro atoms. The van der Waals surface area contributed by atoms with Crippen LogP contribution < -0.4 is 5.32 Å². The van der Waals surface area contributed by atoms with Crippen molar-refractivity contribution < 1.29 is 4.79 Å². The first-order valence-corrected chi connectivity index (χ1v) is 5.77. The summed E-state index contributed by atoms with van der Waals surface area (Å²) in [7, 11) is 0. The Morgan fingerprint density at radius 1 is 1.21 bits per heavy atom. The molecule has 2 heterocycles. The van der Waals surface area contributed by atoms with Crippen LogP contribution in [0.4, 0.5) is 5.69 Å². The molecule has 2 aromatic heterocycles. The lowest BCUT2D eigenvalue weighted by atomic mass is 10.1. The molecule has 0 atom stereocenters. The molecule has 0 aliphatic heterocycles. The lowest BCUT2D eigenvalue weighted by molar-refractivity contribution is -0.105. The van der Waals surface area contributed by atoms with Crippen LogP contribution in [0.15, 0.2) is 36.4 Å². The normalized spacial score (nSPS) is 10.6. The van der Waals surface area contributed by atoms with Crippen molar-refractivity contribution in [1.29, 1.82) is 0 Å². The molecule has 0 aliphatic rings. The standard InChI is InChI=1S/C13H11N5O/c1-9-15-16-13-6-5-12(17-18(9)13)10-3-2-4-11(7-10)14-8-19/h2-8H,1H3,(H,14,19). The molecule has 3 aromatic rings. The molecule has 3 rings (SSSR count). The number of hydrogen-bond acceptors (Lipinski definition) is 4. The van der Waals surface area contributed by atoms with Crippen LogP contribution in [0, 0.1) is 6.92 Å². The molecule has 6 heteroatoms. The van der Waals surface area contributed by atoms with Gasteiger partial charge in [-0.3, -0.25) is 4.79 Å². The van der Waals surface area contributed by atoms with Crippen LogP contribution in [-0.2, 0) is 4.79 Å². The molecule has 0 aliphatic carbocycles. The van der Waals surface area contributed by atoms with Crippen molar-refractivity contribution in [1.82, 2.24) is 19.8 Å². The maximum Gasteiger partial charge on any atom is 0.211 e. The predicted molar refractivity (Wildman–Crippen MR) is 70.6 cm³/mol. The first-order chi connectivity index (χ1) is 9.28. The van der Waals surface area contributed by atoms with Gasteiger partial charge >= 0.3 is 0 Å². The van der Waals surface area contributed by atoms with Gasteiger partial charge in [-0.1, -0.05) is 12.1 Å². The van der Waals surface area contributed by atoms with E-state index in [4.69, 9.17) is 0 Å². The second kappa shape index (κ2) is 4.49. The van der Waals surface area contributed by atoms with Crippen LogP contribution in [-0.4, -0.2) is 26.2 Å². The van der Waals surface area contributed by atoms with E-state index in [1.807, 2.05) is 43.3 Å². The number of nitrogens with zero attached hydrogens (tertiary/aromatic N) is 4. The van der Waals surface area contributed by atoms with E-state index >= 15 is 0 Å². The summed E-state index contributed by atoms with van der Waals surface area (Å²) in [4.78, 5) is 10.5. The highest BCUT2D eigenvalue weighted by Crippen LogP contribution is 2.20. The van der Waals surface area contributed by atoms with E-state index in [0.29, 0.717) is 12.1 Å². The number of aryl methyl sites for hydroxylation is 1. The van der Waals surface area contributed by atoms with Crippen molar-refractivity contribution in [2.75, 3.05) is 5.32 Å². The second-order valence-electron chi connectivity index (χ2n) is 4.08. The molecule has 1 aromatic carbocycles. The highest BCUT2D eigenvalue weighted by Gasteiger charge is 2.05. The number of carbonyl (C=O) groups excluding carboxylic acids is 1. The van der Waals surface area contributed by atoms with Gasteiger partial charge < -0.3 is 5.32 Å². The Labute approximate surface area is 109 Å². The van der Waals surface area contributed by atoms with Crippen molar-refractivity contribution in [2.24, 2.45) is 0 Å². The maximum absolute atomic E-state index is 10.5. The summed E-state index contributed by atoms with van der Waals surface area (Å²) >= 11 is 0. The van der Waals surface area contributed by atoms with E-state index in [-0.39, 0.29) is 0 Å². The van der Waals surface area contributed by atoms with E-state index in [9.17, 15) is 4.79 Å². The summed E-state index contributed by atoms with van der Waals surface area (Å²) in [5.74, 6) is 0.735. The molecule has 6 nitrogen and oxygen atoms in total. The van der Waals surface area contributed by atoms with Crippen molar-refractivity contribution in [3.05, 3.63) is 42.2 Å². The lowest BCUT2D eigenvalue weighted by Gasteiger charge is -2.04. The summed E-state index contributed by atoms with van der Waals surface area (Å²) < 4.78 is 1.69. The molecule has 0 bridgehead atoms. The quantitative estimate of drug-likeness (QED) is 0.721. The van der Waals surface area contributed by atoms with E-state index in [0.717, 1.165) is 22.8 Å². The summed E-state index contributed by atoms with van der Waals surface area (Å²) in [6, 6.07) is 11.2. The highest BCUT2D eigenvalue weighted by molar-refractivity contribution is 5.75. The lowest BCUT2D eigenvalue weighted by Crippen LogP contribution is -1.97. The molecule has 94 valence electrons. The fraction of sp³-hybridized carbons (Fsp3) is 0.0769. The Bertz CT molecular complexity index is 750. The van der Waals surface area contributed by atoms with Crippen molar-refractivity contribution >= 4 is 17.7 Å². The smallest absolute Gasteiger partial charge is 0.211 e. The number of benzene rings is 1. The zero-order chi connectivity index (χ0) is 13.2. The van der Waals surface area contributed by atoms with Crippen LogP contribution in [0.1, 0.15) is 5.82 Å². The largest absolute Gasteiger partial charge is 0.329 e. The Balaban J connectivity index is 2.10. The minimum atomic E-state index is 0.652. The average Bonchev–Trinajstić information content (AvgIpc) is 2.81. The first-order valence-electron chi connectivity index (χ1n) is 5.77. The van der Waals surface area contributed by atoms with Crippen LogP contribution in [0.2, 0.25) is 0 Å². The number of fused-ring (bicyclic) bond motifs is 1. The number of anilines is 1. The number of rotatable bonds is 3. The third-order valence-corrected chi connectivity index (χ3v) is 2.80. The molecule has 1 amide bonds. The topological polar surface area (TPSA) is 72.2 Å². The third-order valence-electron chi connectivity index (χ3n) is 2.80. The van der Waals surface area contributed by atoms with Gasteiger partial charge in [0.25, 0.3) is 0 Å². The number of aromatic nitrogens is 4. The molecule has 19 heavy (non-hydrogen) atoms. The van der Waals surface area contributed by atoms with Gasteiger partial charge in [0.05, 0.1) is 5.69 Å². The predicted octanol–water partition coefficient (Wildman–Crippen LogP) is 1.67. The van der Waals surface area contributed by atoms with Gasteiger partial charge in [0.15, 0.2) is 11.5 Å². The number of carbonyl (C=O) groups is 1. The van der Waals surface area contributed by atoms with Gasteiger partial charge in [-0.15, -0.1) is 10.2 Å². The molecule has 0 saturated carbocycles. The highest BCUT2D eigenvalue weighted by atomic mass is 16.1. The molecular formula is C13H11N5O. The average molecular weight is 253 g/mol. The number of nitrogens with one attached hydrogen (secondary N) is 1. The monoisotopic (exact) mass is 253 g/mol. The van der Waals surface area contributed by atoms with Crippen LogP contribution in [0.3, 0.4) is 0 Å². The molecule has 0 saturated heterocycles. The van der Waals surface area contributed by atoms with Crippen LogP contribution in [0.5, 0.6) is 0 Å². The second-order valence-corrected chi connectivity index (χ2v) is 4.08. The van der Waals surface area contributed by atoms with E-state index < -0.39 is 0 Å². The van der Waals surface area contributed by atoms with Gasteiger partial charge in [-0.25, -0.2) is 0 Å². The Morgan fingerprint density at radius 3 is 2.95 bits per heavy atom. The van der Waals surface area contributed by atoms with Gasteiger partial charge in [-0.05, 0) is 31.2 Å². The van der Waals surface area contributed by atoms with Crippen molar-refractivity contribution in [2.45, 2.75) is 6.92 Å². The van der Waals surface area contributed by atoms with E-state index in [1.54, 1.807) is 4.52 Å². The Hall–Kier alpha value is -2.76. The van der Waals surface area contributed by atoms with Crippen molar-refractivity contribution in [3.63, 3.8) is 0 Å². The minimum absolute atomic E-state index is 0.652. The molecule has 0 unspecified atom stereocenters. The molecule has 0 radical (unpaired) electrons. The van der Waals surface area contributed by atoms with Crippen LogP contribution >= 0.6 is 0 Å². The Morgan fingerprint density at radius 2 is 2.11 bits per heavy atom. The van der Waals surface area contributed by atoms with Crippen molar-refractivity contribution in [3.8, 4) is 11.3 Å². The Kier molecular flexibility index (Phi) is 2.68. The van der Waals surface area contributed by atoms with Crippen LogP contribution in [0.25, 0.3) is 16.9 Å². The summed E-state index contributed by atoms with van der Waals surface area (Å²) in [5.41, 5.74) is 3.16. The summed E-state index contributed by atoms with van der Waals surface area (Å²) in [6.45, 7) is 1.85. The molecule has 0 fully saturated rings. The first kappa shape index (κ1) is 11.3.